The van der Waals surface area contributed by atoms with Crippen LogP contribution in [0, 0.1) is 0 Å². The molecule has 2 aromatic rings. The van der Waals surface area contributed by atoms with Crippen molar-refractivity contribution in [2.75, 3.05) is 23.8 Å². The van der Waals surface area contributed by atoms with Gasteiger partial charge in [-0.05, 0) is 32.9 Å². The highest BCUT2D eigenvalue weighted by atomic mass is 16.3. The monoisotopic (exact) mass is 260 g/mol. The minimum atomic E-state index is -0.430. The number of anilines is 2. The van der Waals surface area contributed by atoms with Gasteiger partial charge in [0.1, 0.15) is 5.82 Å². The fourth-order valence-corrected chi connectivity index (χ4v) is 1.77. The molecule has 0 unspecified atom stereocenters. The molecular formula is C14H20N4O. The Morgan fingerprint density at radius 2 is 1.95 bits per heavy atom. The van der Waals surface area contributed by atoms with Crippen molar-refractivity contribution in [1.29, 1.82) is 0 Å². The van der Waals surface area contributed by atoms with Crippen LogP contribution in [-0.4, -0.2) is 33.8 Å². The van der Waals surface area contributed by atoms with E-state index in [4.69, 9.17) is 0 Å². The molecule has 0 saturated heterocycles. The van der Waals surface area contributed by atoms with Gasteiger partial charge in [-0.15, -0.1) is 0 Å². The van der Waals surface area contributed by atoms with Gasteiger partial charge in [0.25, 0.3) is 0 Å². The molecule has 0 aliphatic carbocycles. The summed E-state index contributed by atoms with van der Waals surface area (Å²) in [6.07, 6.45) is 0. The molecule has 0 bridgehead atoms. The molecule has 0 spiro atoms. The van der Waals surface area contributed by atoms with E-state index in [1.54, 1.807) is 0 Å². The molecule has 0 radical (unpaired) electrons. The molecule has 5 nitrogen and oxygen atoms in total. The topological polar surface area (TPSA) is 70.1 Å². The largest absolute Gasteiger partial charge is 0.394 e. The zero-order valence-corrected chi connectivity index (χ0v) is 11.6. The van der Waals surface area contributed by atoms with Crippen LogP contribution in [0.25, 0.3) is 10.9 Å². The van der Waals surface area contributed by atoms with Crippen LogP contribution in [-0.2, 0) is 0 Å². The zero-order chi connectivity index (χ0) is 13.9. The van der Waals surface area contributed by atoms with Crippen LogP contribution in [0.5, 0.6) is 0 Å². The molecule has 19 heavy (non-hydrogen) atoms. The Labute approximate surface area is 113 Å². The van der Waals surface area contributed by atoms with Crippen LogP contribution in [0.2, 0.25) is 0 Å². The third kappa shape index (κ3) is 3.12. The van der Waals surface area contributed by atoms with Gasteiger partial charge in [-0.3, -0.25) is 0 Å². The molecule has 0 amide bonds. The summed E-state index contributed by atoms with van der Waals surface area (Å²) in [4.78, 5) is 8.94. The fraction of sp³-hybridized carbons (Fsp3) is 0.429. The Morgan fingerprint density at radius 3 is 2.63 bits per heavy atom. The first-order valence-electron chi connectivity index (χ1n) is 6.45. The quantitative estimate of drug-likeness (QED) is 0.769. The lowest BCUT2D eigenvalue weighted by atomic mass is 10.1. The molecule has 2 rings (SSSR count). The third-order valence-corrected chi connectivity index (χ3v) is 2.79. The molecule has 5 heteroatoms. The van der Waals surface area contributed by atoms with Gasteiger partial charge in [0.2, 0.25) is 5.95 Å². The van der Waals surface area contributed by atoms with E-state index in [-0.39, 0.29) is 6.61 Å². The Balaban J connectivity index is 2.50. The van der Waals surface area contributed by atoms with Crippen LogP contribution < -0.4 is 10.6 Å². The average Bonchev–Trinajstić information content (AvgIpc) is 2.39. The predicted molar refractivity (Wildman–Crippen MR) is 78.5 cm³/mol. The number of aromatic nitrogens is 2. The van der Waals surface area contributed by atoms with E-state index in [2.05, 4.69) is 20.6 Å². The van der Waals surface area contributed by atoms with Crippen molar-refractivity contribution < 1.29 is 5.11 Å². The summed E-state index contributed by atoms with van der Waals surface area (Å²) >= 11 is 0. The van der Waals surface area contributed by atoms with Crippen LogP contribution in [0.4, 0.5) is 11.8 Å². The van der Waals surface area contributed by atoms with Crippen molar-refractivity contribution in [1.82, 2.24) is 9.97 Å². The molecule has 0 fully saturated rings. The summed E-state index contributed by atoms with van der Waals surface area (Å²) < 4.78 is 0. The second kappa shape index (κ2) is 5.40. The molecule has 1 aromatic heterocycles. The minimum Gasteiger partial charge on any atom is -0.394 e. The summed E-state index contributed by atoms with van der Waals surface area (Å²) in [5.41, 5.74) is 0.449. The Morgan fingerprint density at radius 1 is 1.21 bits per heavy atom. The highest BCUT2D eigenvalue weighted by Gasteiger charge is 2.18. The maximum Gasteiger partial charge on any atom is 0.225 e. The number of nitrogens with zero attached hydrogens (tertiary/aromatic N) is 2. The highest BCUT2D eigenvalue weighted by Crippen LogP contribution is 2.24. The van der Waals surface area contributed by atoms with Crippen molar-refractivity contribution in [3.8, 4) is 0 Å². The van der Waals surface area contributed by atoms with Gasteiger partial charge in [0.15, 0.2) is 0 Å². The molecule has 0 aliphatic heterocycles. The van der Waals surface area contributed by atoms with E-state index in [1.807, 2.05) is 45.0 Å². The fourth-order valence-electron chi connectivity index (χ4n) is 1.77. The smallest absolute Gasteiger partial charge is 0.225 e. The van der Waals surface area contributed by atoms with Crippen molar-refractivity contribution in [2.24, 2.45) is 0 Å². The summed E-state index contributed by atoms with van der Waals surface area (Å²) in [5, 5.41) is 16.7. The molecule has 1 heterocycles. The maximum atomic E-state index is 9.38. The van der Waals surface area contributed by atoms with E-state index in [1.165, 1.54) is 0 Å². The zero-order valence-electron chi connectivity index (χ0n) is 11.6. The van der Waals surface area contributed by atoms with Crippen molar-refractivity contribution in [2.45, 2.75) is 26.3 Å². The lowest BCUT2D eigenvalue weighted by molar-refractivity contribution is 0.234. The predicted octanol–water partition coefficient (Wildman–Crippen LogP) is 2.24. The SMILES string of the molecule is CCNc1nc(NC(C)(C)CO)c2ccccc2n1. The number of fused-ring (bicyclic) bond motifs is 1. The standard InChI is InChI=1S/C14H20N4O/c1-4-15-13-16-11-8-6-5-7-10(11)12(17-13)18-14(2,3)9-19/h5-8,19H,4,9H2,1-3H3,(H2,15,16,17,18). The molecule has 0 atom stereocenters. The Kier molecular flexibility index (Phi) is 3.85. The maximum absolute atomic E-state index is 9.38. The van der Waals surface area contributed by atoms with Crippen molar-refractivity contribution in [3.05, 3.63) is 24.3 Å². The van der Waals surface area contributed by atoms with Crippen molar-refractivity contribution >= 4 is 22.7 Å². The van der Waals surface area contributed by atoms with Gasteiger partial charge in [-0.2, -0.15) is 4.98 Å². The van der Waals surface area contributed by atoms with E-state index < -0.39 is 5.54 Å². The number of nitrogens with one attached hydrogen (secondary N) is 2. The highest BCUT2D eigenvalue weighted by molar-refractivity contribution is 5.90. The number of aliphatic hydroxyl groups is 1. The molecule has 1 aromatic carbocycles. The Bertz CT molecular complexity index is 568. The first-order valence-corrected chi connectivity index (χ1v) is 6.45. The second-order valence-electron chi connectivity index (χ2n) is 5.11. The first kappa shape index (κ1) is 13.5. The van der Waals surface area contributed by atoms with Gasteiger partial charge in [-0.25, -0.2) is 4.98 Å². The summed E-state index contributed by atoms with van der Waals surface area (Å²) in [5.74, 6) is 1.33. The number of hydrogen-bond acceptors (Lipinski definition) is 5. The van der Waals surface area contributed by atoms with Crippen LogP contribution in [0.15, 0.2) is 24.3 Å². The van der Waals surface area contributed by atoms with E-state index >= 15 is 0 Å². The van der Waals surface area contributed by atoms with E-state index in [0.717, 1.165) is 23.3 Å². The molecule has 102 valence electrons. The molecule has 0 saturated carbocycles. The number of hydrogen-bond donors (Lipinski definition) is 3. The minimum absolute atomic E-state index is 0.0296. The summed E-state index contributed by atoms with van der Waals surface area (Å²) in [7, 11) is 0. The average molecular weight is 260 g/mol. The first-order chi connectivity index (χ1) is 9.05. The summed E-state index contributed by atoms with van der Waals surface area (Å²) in [6.45, 7) is 6.65. The number of aliphatic hydroxyl groups excluding tert-OH is 1. The number of benzene rings is 1. The normalized spacial score (nSPS) is 11.6. The van der Waals surface area contributed by atoms with Gasteiger partial charge >= 0.3 is 0 Å². The number of rotatable bonds is 5. The molecular weight excluding hydrogens is 240 g/mol. The van der Waals surface area contributed by atoms with Crippen molar-refractivity contribution in [3.63, 3.8) is 0 Å². The molecule has 0 aliphatic rings. The van der Waals surface area contributed by atoms with Gasteiger partial charge < -0.3 is 15.7 Å². The van der Waals surface area contributed by atoms with Gasteiger partial charge in [0, 0.05) is 11.9 Å². The van der Waals surface area contributed by atoms with Crippen LogP contribution in [0.3, 0.4) is 0 Å². The van der Waals surface area contributed by atoms with E-state index in [9.17, 15) is 5.11 Å². The lowest BCUT2D eigenvalue weighted by Gasteiger charge is -2.25. The molecule has 3 N–H and O–H groups in total. The van der Waals surface area contributed by atoms with Gasteiger partial charge in [-0.1, -0.05) is 12.1 Å². The summed E-state index contributed by atoms with van der Waals surface area (Å²) in [6, 6.07) is 7.83. The third-order valence-electron chi connectivity index (χ3n) is 2.79. The van der Waals surface area contributed by atoms with Gasteiger partial charge in [0.05, 0.1) is 17.7 Å². The van der Waals surface area contributed by atoms with E-state index in [0.29, 0.717) is 5.95 Å². The second-order valence-corrected chi connectivity index (χ2v) is 5.11. The van der Waals surface area contributed by atoms with Crippen LogP contribution >= 0.6 is 0 Å². The van der Waals surface area contributed by atoms with Crippen LogP contribution in [0.1, 0.15) is 20.8 Å². The lowest BCUT2D eigenvalue weighted by Crippen LogP contribution is -2.35. The Hall–Kier alpha value is -1.88. The number of para-hydroxylation sites is 1.